The summed E-state index contributed by atoms with van der Waals surface area (Å²) in [5.41, 5.74) is 10.2. The van der Waals surface area contributed by atoms with Gasteiger partial charge in [0.15, 0.2) is 0 Å². The molecule has 0 radical (unpaired) electrons. The van der Waals surface area contributed by atoms with E-state index in [2.05, 4.69) is 48.3 Å². The zero-order chi connectivity index (χ0) is 14.1. The molecular weight excluding hydrogens is 268 g/mol. The second-order valence-corrected chi connectivity index (χ2v) is 5.87. The minimum absolute atomic E-state index is 0.562. The number of H-pyrrole nitrogens is 1. The summed E-state index contributed by atoms with van der Waals surface area (Å²) in [6.07, 6.45) is 2.77. The largest absolute Gasteiger partial charge is 0.383 e. The number of nitrogen functional groups attached to an aromatic ring is 1. The lowest BCUT2D eigenvalue weighted by molar-refractivity contribution is 1.10. The van der Waals surface area contributed by atoms with Crippen LogP contribution in [0.3, 0.4) is 0 Å². The second-order valence-electron chi connectivity index (χ2n) is 4.67. The van der Waals surface area contributed by atoms with Crippen molar-refractivity contribution in [3.8, 4) is 21.8 Å². The average molecular weight is 284 g/mol. The van der Waals surface area contributed by atoms with E-state index in [0.717, 1.165) is 28.2 Å². The third kappa shape index (κ3) is 2.20. The number of thiazole rings is 1. The molecule has 3 N–H and O–H groups in total. The highest BCUT2D eigenvalue weighted by Crippen LogP contribution is 2.34. The van der Waals surface area contributed by atoms with Gasteiger partial charge in [-0.3, -0.25) is 5.10 Å². The molecule has 0 bridgehead atoms. The van der Waals surface area contributed by atoms with Crippen LogP contribution in [-0.4, -0.2) is 15.2 Å². The third-order valence-electron chi connectivity index (χ3n) is 3.33. The van der Waals surface area contributed by atoms with Gasteiger partial charge in [0.2, 0.25) is 0 Å². The number of nitrogens with zero attached hydrogens (tertiary/aromatic N) is 2. The molecule has 5 heteroatoms. The fourth-order valence-corrected chi connectivity index (χ4v) is 3.10. The lowest BCUT2D eigenvalue weighted by Gasteiger charge is -2.00. The number of rotatable bonds is 3. The molecule has 0 saturated heterocycles. The highest BCUT2D eigenvalue weighted by Gasteiger charge is 2.14. The summed E-state index contributed by atoms with van der Waals surface area (Å²) in [6, 6.07) is 8.56. The molecule has 0 aliphatic carbocycles. The predicted octanol–water partition coefficient (Wildman–Crippen LogP) is 3.65. The van der Waals surface area contributed by atoms with Crippen LogP contribution in [0, 0.1) is 6.92 Å². The number of aryl methyl sites for hydroxylation is 2. The van der Waals surface area contributed by atoms with E-state index in [1.165, 1.54) is 10.4 Å². The van der Waals surface area contributed by atoms with Gasteiger partial charge in [-0.05, 0) is 18.9 Å². The zero-order valence-corrected chi connectivity index (χ0v) is 12.3. The number of nitrogens with two attached hydrogens (primary N) is 1. The van der Waals surface area contributed by atoms with Crippen molar-refractivity contribution in [2.45, 2.75) is 20.3 Å². The molecule has 102 valence electrons. The molecule has 3 aromatic rings. The van der Waals surface area contributed by atoms with E-state index in [4.69, 9.17) is 10.7 Å². The standard InChI is InChI=1S/C15H16N4S/c1-3-10-4-6-11(7-5-10)13-9(2)20-15(18-13)12-8-17-19-14(12)16/h4-8H,3H2,1-2H3,(H3,16,17,19). The Labute approximate surface area is 121 Å². The minimum atomic E-state index is 0.562. The fraction of sp³-hybridized carbons (Fsp3) is 0.200. The number of aromatic nitrogens is 3. The van der Waals surface area contributed by atoms with Crippen molar-refractivity contribution in [3.05, 3.63) is 40.9 Å². The Morgan fingerprint density at radius 3 is 2.60 bits per heavy atom. The molecule has 3 rings (SSSR count). The lowest BCUT2D eigenvalue weighted by atomic mass is 10.1. The Bertz CT molecular complexity index is 725. The van der Waals surface area contributed by atoms with Gasteiger partial charge in [-0.2, -0.15) is 5.10 Å². The van der Waals surface area contributed by atoms with Crippen molar-refractivity contribution in [2.75, 3.05) is 5.73 Å². The summed E-state index contributed by atoms with van der Waals surface area (Å²) in [5, 5.41) is 7.60. The van der Waals surface area contributed by atoms with Crippen molar-refractivity contribution < 1.29 is 0 Å². The molecule has 2 aromatic heterocycles. The van der Waals surface area contributed by atoms with E-state index in [-0.39, 0.29) is 0 Å². The first kappa shape index (κ1) is 12.9. The highest BCUT2D eigenvalue weighted by molar-refractivity contribution is 7.15. The van der Waals surface area contributed by atoms with Crippen LogP contribution in [0.5, 0.6) is 0 Å². The minimum Gasteiger partial charge on any atom is -0.383 e. The first-order valence-corrected chi connectivity index (χ1v) is 7.36. The Morgan fingerprint density at radius 1 is 1.25 bits per heavy atom. The van der Waals surface area contributed by atoms with Crippen LogP contribution >= 0.6 is 11.3 Å². The Hall–Kier alpha value is -2.14. The van der Waals surface area contributed by atoms with E-state index in [0.29, 0.717) is 5.82 Å². The van der Waals surface area contributed by atoms with Gasteiger partial charge in [-0.1, -0.05) is 31.2 Å². The second kappa shape index (κ2) is 5.09. The van der Waals surface area contributed by atoms with Crippen molar-refractivity contribution in [1.82, 2.24) is 15.2 Å². The summed E-state index contributed by atoms with van der Waals surface area (Å²) in [5.74, 6) is 0.562. The molecule has 0 unspecified atom stereocenters. The molecule has 0 aliphatic heterocycles. The van der Waals surface area contributed by atoms with Crippen LogP contribution in [0.4, 0.5) is 5.82 Å². The molecule has 4 nitrogen and oxygen atoms in total. The van der Waals surface area contributed by atoms with E-state index >= 15 is 0 Å². The summed E-state index contributed by atoms with van der Waals surface area (Å²) >= 11 is 1.64. The van der Waals surface area contributed by atoms with Gasteiger partial charge in [0, 0.05) is 10.4 Å². The zero-order valence-electron chi connectivity index (χ0n) is 11.5. The summed E-state index contributed by atoms with van der Waals surface area (Å²) < 4.78 is 0. The molecule has 20 heavy (non-hydrogen) atoms. The maximum atomic E-state index is 5.86. The monoisotopic (exact) mass is 284 g/mol. The van der Waals surface area contributed by atoms with Crippen LogP contribution in [0.2, 0.25) is 0 Å². The van der Waals surface area contributed by atoms with Crippen molar-refractivity contribution in [2.24, 2.45) is 0 Å². The number of anilines is 1. The van der Waals surface area contributed by atoms with Gasteiger partial charge < -0.3 is 5.73 Å². The predicted molar refractivity (Wildman–Crippen MR) is 83.7 cm³/mol. The van der Waals surface area contributed by atoms with Crippen molar-refractivity contribution in [3.63, 3.8) is 0 Å². The molecule has 0 saturated carbocycles. The third-order valence-corrected chi connectivity index (χ3v) is 4.34. The van der Waals surface area contributed by atoms with Crippen molar-refractivity contribution in [1.29, 1.82) is 0 Å². The molecule has 0 fully saturated rings. The number of hydrogen-bond acceptors (Lipinski definition) is 4. The lowest BCUT2D eigenvalue weighted by Crippen LogP contribution is -1.87. The van der Waals surface area contributed by atoms with Crippen LogP contribution in [0.25, 0.3) is 21.8 Å². The molecule has 2 heterocycles. The molecule has 0 amide bonds. The van der Waals surface area contributed by atoms with Crippen LogP contribution in [-0.2, 0) is 6.42 Å². The highest BCUT2D eigenvalue weighted by atomic mass is 32.1. The SMILES string of the molecule is CCc1ccc(-c2nc(-c3cn[nH]c3N)sc2C)cc1. The van der Waals surface area contributed by atoms with Gasteiger partial charge >= 0.3 is 0 Å². The molecule has 0 aliphatic rings. The van der Waals surface area contributed by atoms with Gasteiger partial charge in [0.1, 0.15) is 10.8 Å². The van der Waals surface area contributed by atoms with Gasteiger partial charge in [0.25, 0.3) is 0 Å². The Kier molecular flexibility index (Phi) is 3.28. The van der Waals surface area contributed by atoms with Crippen LogP contribution < -0.4 is 5.73 Å². The van der Waals surface area contributed by atoms with E-state index < -0.39 is 0 Å². The number of benzene rings is 1. The molecule has 0 spiro atoms. The molecular formula is C15H16N4S. The van der Waals surface area contributed by atoms with Gasteiger partial charge in [0.05, 0.1) is 17.5 Å². The summed E-state index contributed by atoms with van der Waals surface area (Å²) in [6.45, 7) is 4.24. The average Bonchev–Trinajstić information content (AvgIpc) is 3.05. The fourth-order valence-electron chi connectivity index (χ4n) is 2.14. The smallest absolute Gasteiger partial charge is 0.129 e. The Balaban J connectivity index is 2.02. The molecule has 1 aromatic carbocycles. The van der Waals surface area contributed by atoms with Crippen LogP contribution in [0.1, 0.15) is 17.4 Å². The van der Waals surface area contributed by atoms with Crippen molar-refractivity contribution >= 4 is 17.2 Å². The Morgan fingerprint density at radius 2 is 2.00 bits per heavy atom. The summed E-state index contributed by atoms with van der Waals surface area (Å²) in [4.78, 5) is 5.90. The van der Waals surface area contributed by atoms with Crippen LogP contribution in [0.15, 0.2) is 30.5 Å². The number of aromatic amines is 1. The van der Waals surface area contributed by atoms with E-state index in [9.17, 15) is 0 Å². The number of hydrogen-bond donors (Lipinski definition) is 2. The normalized spacial score (nSPS) is 10.9. The number of nitrogens with one attached hydrogen (secondary N) is 1. The van der Waals surface area contributed by atoms with Gasteiger partial charge in [-0.15, -0.1) is 11.3 Å². The quantitative estimate of drug-likeness (QED) is 0.771. The maximum absolute atomic E-state index is 5.86. The molecule has 0 atom stereocenters. The van der Waals surface area contributed by atoms with E-state index in [1.807, 2.05) is 0 Å². The van der Waals surface area contributed by atoms with Gasteiger partial charge in [-0.25, -0.2) is 4.98 Å². The summed E-state index contributed by atoms with van der Waals surface area (Å²) in [7, 11) is 0. The first-order chi connectivity index (χ1) is 9.69. The topological polar surface area (TPSA) is 67.6 Å². The van der Waals surface area contributed by atoms with E-state index in [1.54, 1.807) is 17.5 Å². The first-order valence-electron chi connectivity index (χ1n) is 6.55. The maximum Gasteiger partial charge on any atom is 0.129 e.